The Kier molecular flexibility index (Phi) is 3.41. The number of aromatic nitrogens is 1. The first-order chi connectivity index (χ1) is 10.1. The number of carbonyl (C=O) groups excluding carboxylic acids is 1. The van der Waals surface area contributed by atoms with E-state index in [1.165, 1.54) is 0 Å². The molecule has 0 bridgehead atoms. The second-order valence-corrected chi connectivity index (χ2v) is 5.78. The third-order valence-corrected chi connectivity index (χ3v) is 4.16. The zero-order chi connectivity index (χ0) is 15.0. The molecule has 3 N–H and O–H groups in total. The van der Waals surface area contributed by atoms with Crippen molar-refractivity contribution in [3.05, 3.63) is 36.0 Å². The number of aromatic amines is 1. The van der Waals surface area contributed by atoms with Gasteiger partial charge in [0, 0.05) is 29.4 Å². The van der Waals surface area contributed by atoms with Crippen LogP contribution in [0.3, 0.4) is 0 Å². The van der Waals surface area contributed by atoms with Crippen LogP contribution in [0, 0.1) is 11.8 Å². The molecule has 5 nitrogen and oxygen atoms in total. The zero-order valence-electron chi connectivity index (χ0n) is 11.8. The Bertz CT molecular complexity index is 692. The molecule has 110 valence electrons. The average molecular weight is 286 g/mol. The fourth-order valence-electron chi connectivity index (χ4n) is 2.69. The minimum Gasteiger partial charge on any atom is -0.480 e. The highest BCUT2D eigenvalue weighted by molar-refractivity contribution is 5.88. The first kappa shape index (κ1) is 13.7. The van der Waals surface area contributed by atoms with E-state index in [9.17, 15) is 14.7 Å². The predicted molar refractivity (Wildman–Crippen MR) is 78.8 cm³/mol. The molecule has 1 aromatic heterocycles. The van der Waals surface area contributed by atoms with Crippen LogP contribution in [0.5, 0.6) is 0 Å². The second kappa shape index (κ2) is 5.24. The summed E-state index contributed by atoms with van der Waals surface area (Å²) in [6.07, 6.45) is 2.95. The summed E-state index contributed by atoms with van der Waals surface area (Å²) in [5.74, 6) is -0.793. The van der Waals surface area contributed by atoms with E-state index in [2.05, 4.69) is 10.3 Å². The van der Waals surface area contributed by atoms with Crippen LogP contribution in [0.2, 0.25) is 0 Å². The van der Waals surface area contributed by atoms with Gasteiger partial charge in [0.1, 0.15) is 6.04 Å². The summed E-state index contributed by atoms with van der Waals surface area (Å²) >= 11 is 0. The molecule has 1 fully saturated rings. The molecule has 1 amide bonds. The van der Waals surface area contributed by atoms with Crippen molar-refractivity contribution in [2.24, 2.45) is 11.8 Å². The third kappa shape index (κ3) is 2.77. The lowest BCUT2D eigenvalue weighted by Gasteiger charge is -2.14. The van der Waals surface area contributed by atoms with Crippen molar-refractivity contribution in [2.75, 3.05) is 0 Å². The molecule has 0 saturated heterocycles. The number of rotatable bonds is 5. The zero-order valence-corrected chi connectivity index (χ0v) is 11.8. The maximum Gasteiger partial charge on any atom is 0.326 e. The number of benzene rings is 1. The van der Waals surface area contributed by atoms with Gasteiger partial charge >= 0.3 is 5.97 Å². The van der Waals surface area contributed by atoms with Gasteiger partial charge in [-0.05, 0) is 24.0 Å². The maximum absolute atomic E-state index is 11.9. The van der Waals surface area contributed by atoms with E-state index in [0.717, 1.165) is 22.9 Å². The van der Waals surface area contributed by atoms with Gasteiger partial charge in [-0.15, -0.1) is 0 Å². The highest BCUT2D eigenvalue weighted by Gasteiger charge is 2.40. The van der Waals surface area contributed by atoms with Crippen molar-refractivity contribution in [3.63, 3.8) is 0 Å². The molecule has 21 heavy (non-hydrogen) atoms. The maximum atomic E-state index is 11.9. The first-order valence-corrected chi connectivity index (χ1v) is 7.14. The number of aliphatic carboxylic acids is 1. The molecule has 1 heterocycles. The van der Waals surface area contributed by atoms with Crippen LogP contribution in [0.15, 0.2) is 30.5 Å². The van der Waals surface area contributed by atoms with Gasteiger partial charge in [0.15, 0.2) is 0 Å². The van der Waals surface area contributed by atoms with E-state index in [-0.39, 0.29) is 18.2 Å². The Morgan fingerprint density at radius 2 is 2.14 bits per heavy atom. The van der Waals surface area contributed by atoms with Gasteiger partial charge in [-0.1, -0.05) is 25.1 Å². The number of H-pyrrole nitrogens is 1. The molecule has 0 radical (unpaired) electrons. The van der Waals surface area contributed by atoms with Gasteiger partial charge in [0.05, 0.1) is 0 Å². The van der Waals surface area contributed by atoms with E-state index in [1.54, 1.807) is 0 Å². The summed E-state index contributed by atoms with van der Waals surface area (Å²) in [7, 11) is 0. The molecular formula is C16H18N2O3. The lowest BCUT2D eigenvalue weighted by Crippen LogP contribution is -2.43. The molecule has 0 spiro atoms. The van der Waals surface area contributed by atoms with Gasteiger partial charge in [-0.3, -0.25) is 4.79 Å². The molecule has 3 unspecified atom stereocenters. The van der Waals surface area contributed by atoms with Crippen LogP contribution in [-0.4, -0.2) is 28.0 Å². The normalized spacial score (nSPS) is 22.0. The Hall–Kier alpha value is -2.30. The van der Waals surface area contributed by atoms with Crippen LogP contribution < -0.4 is 5.32 Å². The highest BCUT2D eigenvalue weighted by atomic mass is 16.4. The Morgan fingerprint density at radius 3 is 2.81 bits per heavy atom. The monoisotopic (exact) mass is 286 g/mol. The van der Waals surface area contributed by atoms with Crippen LogP contribution in [0.4, 0.5) is 0 Å². The summed E-state index contributed by atoms with van der Waals surface area (Å²) in [6, 6.07) is 6.85. The number of hydrogen-bond acceptors (Lipinski definition) is 2. The van der Waals surface area contributed by atoms with E-state index in [1.807, 2.05) is 37.4 Å². The van der Waals surface area contributed by atoms with Gasteiger partial charge in [-0.2, -0.15) is 0 Å². The summed E-state index contributed by atoms with van der Waals surface area (Å²) in [5, 5.41) is 13.0. The number of hydrogen-bond donors (Lipinski definition) is 3. The number of nitrogens with one attached hydrogen (secondary N) is 2. The van der Waals surface area contributed by atoms with Crippen molar-refractivity contribution in [1.82, 2.24) is 10.3 Å². The Labute approximate surface area is 122 Å². The molecule has 1 aliphatic rings. The third-order valence-electron chi connectivity index (χ3n) is 4.16. The number of para-hydroxylation sites is 1. The minimum atomic E-state index is -0.998. The fraction of sp³-hybridized carbons (Fsp3) is 0.375. The van der Waals surface area contributed by atoms with E-state index >= 15 is 0 Å². The highest BCUT2D eigenvalue weighted by Crippen LogP contribution is 2.37. The van der Waals surface area contributed by atoms with Crippen LogP contribution in [0.25, 0.3) is 10.9 Å². The lowest BCUT2D eigenvalue weighted by atomic mass is 10.0. The molecule has 2 aromatic rings. The summed E-state index contributed by atoms with van der Waals surface area (Å²) in [6.45, 7) is 2.00. The number of carboxylic acid groups (broad SMARTS) is 1. The van der Waals surface area contributed by atoms with Gasteiger partial charge < -0.3 is 15.4 Å². The fourth-order valence-corrected chi connectivity index (χ4v) is 2.69. The second-order valence-electron chi connectivity index (χ2n) is 5.78. The number of carboxylic acids is 1. The van der Waals surface area contributed by atoms with Gasteiger partial charge in [0.25, 0.3) is 0 Å². The molecule has 0 aliphatic heterocycles. The van der Waals surface area contributed by atoms with E-state index < -0.39 is 12.0 Å². The van der Waals surface area contributed by atoms with Gasteiger partial charge in [-0.25, -0.2) is 4.79 Å². The molecular weight excluding hydrogens is 268 g/mol. The molecule has 1 aliphatic carbocycles. The van der Waals surface area contributed by atoms with Crippen molar-refractivity contribution in [3.8, 4) is 0 Å². The van der Waals surface area contributed by atoms with Crippen LogP contribution in [0.1, 0.15) is 18.9 Å². The van der Waals surface area contributed by atoms with Crippen molar-refractivity contribution in [1.29, 1.82) is 0 Å². The summed E-state index contributed by atoms with van der Waals surface area (Å²) in [4.78, 5) is 26.5. The smallest absolute Gasteiger partial charge is 0.326 e. The number of amides is 1. The molecule has 3 rings (SSSR count). The molecule has 1 aromatic carbocycles. The van der Waals surface area contributed by atoms with Gasteiger partial charge in [0.2, 0.25) is 5.91 Å². The van der Waals surface area contributed by atoms with E-state index in [0.29, 0.717) is 5.92 Å². The number of fused-ring (bicyclic) bond motifs is 1. The van der Waals surface area contributed by atoms with E-state index in [4.69, 9.17) is 0 Å². The molecule has 5 heteroatoms. The quantitative estimate of drug-likeness (QED) is 0.785. The van der Waals surface area contributed by atoms with Crippen molar-refractivity contribution < 1.29 is 14.7 Å². The SMILES string of the molecule is CC1CC1C(=O)NC(Cc1c[nH]c2ccccc12)C(=O)O. The van der Waals surface area contributed by atoms with Crippen molar-refractivity contribution in [2.45, 2.75) is 25.8 Å². The summed E-state index contributed by atoms with van der Waals surface area (Å²) in [5.41, 5.74) is 1.88. The summed E-state index contributed by atoms with van der Waals surface area (Å²) < 4.78 is 0. The molecule has 1 saturated carbocycles. The van der Waals surface area contributed by atoms with Crippen molar-refractivity contribution >= 4 is 22.8 Å². The topological polar surface area (TPSA) is 82.2 Å². The Morgan fingerprint density at radius 1 is 1.43 bits per heavy atom. The standard InChI is InChI=1S/C16H18N2O3/c1-9-6-12(9)15(19)18-14(16(20)21)7-10-8-17-13-5-3-2-4-11(10)13/h2-5,8-9,12,14,17H,6-7H2,1H3,(H,18,19)(H,20,21). The minimum absolute atomic E-state index is 0.0187. The predicted octanol–water partition coefficient (Wildman–Crippen LogP) is 1.94. The largest absolute Gasteiger partial charge is 0.480 e. The average Bonchev–Trinajstić information content (AvgIpc) is 3.06. The lowest BCUT2D eigenvalue weighted by molar-refractivity contribution is -0.142. The van der Waals surface area contributed by atoms with Crippen LogP contribution in [-0.2, 0) is 16.0 Å². The molecule has 3 atom stereocenters. The number of carbonyl (C=O) groups is 2. The van der Waals surface area contributed by atoms with Crippen LogP contribution >= 0.6 is 0 Å². The Balaban J connectivity index is 1.76. The first-order valence-electron chi connectivity index (χ1n) is 7.14.